The first-order valence-electron chi connectivity index (χ1n) is 11.0. The maximum absolute atomic E-state index is 13.0. The number of hydrogen-bond donors (Lipinski definition) is 1. The number of carbonyl (C=O) groups is 4. The summed E-state index contributed by atoms with van der Waals surface area (Å²) in [6.07, 6.45) is 1.03. The molecule has 1 aromatic carbocycles. The van der Waals surface area contributed by atoms with Gasteiger partial charge in [0.05, 0.1) is 30.1 Å². The van der Waals surface area contributed by atoms with E-state index in [1.807, 2.05) is 0 Å². The normalized spacial score (nSPS) is 14.8. The summed E-state index contributed by atoms with van der Waals surface area (Å²) in [6, 6.07) is 5.79. The van der Waals surface area contributed by atoms with Crippen LogP contribution >= 0.6 is 0 Å². The Hall–Kier alpha value is -2.99. The van der Waals surface area contributed by atoms with Crippen LogP contribution in [0.25, 0.3) is 0 Å². The zero-order valence-electron chi connectivity index (χ0n) is 19.3. The van der Waals surface area contributed by atoms with E-state index in [0.29, 0.717) is 13.0 Å². The second kappa shape index (κ2) is 13.0. The number of nitrogens with zero attached hydrogens (tertiary/aromatic N) is 1. The molecule has 1 heterocycles. The summed E-state index contributed by atoms with van der Waals surface area (Å²) in [6.45, 7) is 1.94. The minimum atomic E-state index is -3.96. The monoisotopic (exact) mass is 498 g/mol. The van der Waals surface area contributed by atoms with Crippen LogP contribution in [0.4, 0.5) is 0 Å². The SMILES string of the molecule is CCOC(=O)CCCNC(=O)COC(=O)C1CCN(S(=O)(=O)c2ccccc2C(=O)OC)CC1. The van der Waals surface area contributed by atoms with Gasteiger partial charge >= 0.3 is 17.9 Å². The highest BCUT2D eigenvalue weighted by Crippen LogP contribution is 2.26. The quantitative estimate of drug-likeness (QED) is 0.267. The topological polar surface area (TPSA) is 145 Å². The molecule has 1 amide bonds. The van der Waals surface area contributed by atoms with Crippen LogP contribution in [0.1, 0.15) is 43.0 Å². The first-order valence-corrected chi connectivity index (χ1v) is 12.4. The third-order valence-electron chi connectivity index (χ3n) is 5.23. The van der Waals surface area contributed by atoms with Crippen LogP contribution in [-0.2, 0) is 38.6 Å². The highest BCUT2D eigenvalue weighted by atomic mass is 32.2. The number of benzene rings is 1. The predicted molar refractivity (Wildman–Crippen MR) is 119 cm³/mol. The number of piperidine rings is 1. The summed E-state index contributed by atoms with van der Waals surface area (Å²) in [5.74, 6) is -2.70. The highest BCUT2D eigenvalue weighted by molar-refractivity contribution is 7.89. The van der Waals surface area contributed by atoms with E-state index in [0.717, 1.165) is 0 Å². The molecule has 0 bridgehead atoms. The molecule has 2 rings (SSSR count). The summed E-state index contributed by atoms with van der Waals surface area (Å²) in [5.41, 5.74) is -0.0557. The van der Waals surface area contributed by atoms with Gasteiger partial charge in [0, 0.05) is 26.1 Å². The van der Waals surface area contributed by atoms with Gasteiger partial charge in [-0.2, -0.15) is 4.31 Å². The van der Waals surface area contributed by atoms with E-state index in [4.69, 9.17) is 9.47 Å². The summed E-state index contributed by atoms with van der Waals surface area (Å²) in [5, 5.41) is 2.55. The summed E-state index contributed by atoms with van der Waals surface area (Å²) in [7, 11) is -2.79. The van der Waals surface area contributed by atoms with Crippen molar-refractivity contribution in [2.75, 3.05) is 40.0 Å². The van der Waals surface area contributed by atoms with Gasteiger partial charge in [-0.3, -0.25) is 14.4 Å². The number of rotatable bonds is 11. The Morgan fingerprint density at radius 2 is 1.76 bits per heavy atom. The van der Waals surface area contributed by atoms with Crippen molar-refractivity contribution in [1.82, 2.24) is 9.62 Å². The number of esters is 3. The molecule has 0 atom stereocenters. The molecular formula is C22H30N2O9S. The van der Waals surface area contributed by atoms with E-state index in [2.05, 4.69) is 10.1 Å². The fraction of sp³-hybridized carbons (Fsp3) is 0.545. The molecule has 1 saturated heterocycles. The van der Waals surface area contributed by atoms with Crippen molar-refractivity contribution >= 4 is 33.8 Å². The number of hydrogen-bond acceptors (Lipinski definition) is 9. The maximum atomic E-state index is 13.0. The molecule has 1 N–H and O–H groups in total. The Balaban J connectivity index is 1.80. The average molecular weight is 499 g/mol. The van der Waals surface area contributed by atoms with Crippen molar-refractivity contribution in [3.8, 4) is 0 Å². The van der Waals surface area contributed by atoms with Crippen molar-refractivity contribution in [1.29, 1.82) is 0 Å². The molecule has 0 aliphatic carbocycles. The molecule has 34 heavy (non-hydrogen) atoms. The minimum absolute atomic E-state index is 0.0557. The molecule has 1 aliphatic rings. The number of carbonyl (C=O) groups excluding carboxylic acids is 4. The van der Waals surface area contributed by atoms with Gasteiger partial charge in [-0.1, -0.05) is 12.1 Å². The summed E-state index contributed by atoms with van der Waals surface area (Å²) >= 11 is 0. The molecule has 1 aromatic rings. The average Bonchev–Trinajstić information content (AvgIpc) is 2.85. The molecule has 0 aromatic heterocycles. The molecule has 0 unspecified atom stereocenters. The number of nitrogens with one attached hydrogen (secondary N) is 1. The van der Waals surface area contributed by atoms with Gasteiger partial charge in [-0.25, -0.2) is 13.2 Å². The second-order valence-corrected chi connectivity index (χ2v) is 9.44. The van der Waals surface area contributed by atoms with E-state index in [9.17, 15) is 27.6 Å². The zero-order valence-corrected chi connectivity index (χ0v) is 20.1. The van der Waals surface area contributed by atoms with Gasteiger partial charge in [0.1, 0.15) is 0 Å². The molecule has 0 radical (unpaired) electrons. The first-order chi connectivity index (χ1) is 16.2. The lowest BCUT2D eigenvalue weighted by Crippen LogP contribution is -2.41. The van der Waals surface area contributed by atoms with Crippen LogP contribution in [0, 0.1) is 5.92 Å². The van der Waals surface area contributed by atoms with Crippen molar-refractivity contribution in [2.45, 2.75) is 37.5 Å². The molecule has 1 fully saturated rings. The van der Waals surface area contributed by atoms with E-state index in [1.54, 1.807) is 13.0 Å². The van der Waals surface area contributed by atoms with Gasteiger partial charge in [0.15, 0.2) is 6.61 Å². The fourth-order valence-corrected chi connectivity index (χ4v) is 5.09. The van der Waals surface area contributed by atoms with Crippen LogP contribution in [0.5, 0.6) is 0 Å². The van der Waals surface area contributed by atoms with Crippen molar-refractivity contribution < 1.29 is 41.8 Å². The lowest BCUT2D eigenvalue weighted by molar-refractivity contribution is -0.153. The lowest BCUT2D eigenvalue weighted by Gasteiger charge is -2.30. The maximum Gasteiger partial charge on any atom is 0.339 e. The Labute approximate surface area is 198 Å². The lowest BCUT2D eigenvalue weighted by atomic mass is 9.98. The molecule has 1 aliphatic heterocycles. The Morgan fingerprint density at radius 3 is 2.41 bits per heavy atom. The standard InChI is InChI=1S/C22H30N2O9S/c1-3-32-20(26)9-6-12-23-19(25)15-33-21(27)16-10-13-24(14-11-16)34(29,30)18-8-5-4-7-17(18)22(28)31-2/h4-5,7-8,16H,3,6,9-15H2,1-2H3,(H,23,25). The molecule has 11 nitrogen and oxygen atoms in total. The molecule has 0 saturated carbocycles. The molecule has 188 valence electrons. The van der Waals surface area contributed by atoms with Crippen LogP contribution < -0.4 is 5.32 Å². The van der Waals surface area contributed by atoms with Gasteiger partial charge in [-0.05, 0) is 38.3 Å². The smallest absolute Gasteiger partial charge is 0.339 e. The Morgan fingerprint density at radius 1 is 1.09 bits per heavy atom. The summed E-state index contributed by atoms with van der Waals surface area (Å²) in [4.78, 5) is 47.2. The number of amides is 1. The minimum Gasteiger partial charge on any atom is -0.466 e. The van der Waals surface area contributed by atoms with Crippen molar-refractivity contribution in [3.63, 3.8) is 0 Å². The van der Waals surface area contributed by atoms with Crippen LogP contribution in [0.15, 0.2) is 29.2 Å². The second-order valence-electron chi connectivity index (χ2n) is 7.53. The zero-order chi connectivity index (χ0) is 25.1. The predicted octanol–water partition coefficient (Wildman–Crippen LogP) is 0.877. The largest absolute Gasteiger partial charge is 0.466 e. The van der Waals surface area contributed by atoms with Crippen molar-refractivity contribution in [2.24, 2.45) is 5.92 Å². The van der Waals surface area contributed by atoms with Gasteiger partial charge in [0.25, 0.3) is 5.91 Å². The molecular weight excluding hydrogens is 468 g/mol. The van der Waals surface area contributed by atoms with Crippen molar-refractivity contribution in [3.05, 3.63) is 29.8 Å². The van der Waals surface area contributed by atoms with Crippen LogP contribution in [0.3, 0.4) is 0 Å². The van der Waals surface area contributed by atoms with E-state index < -0.39 is 40.4 Å². The van der Waals surface area contributed by atoms with Crippen LogP contribution in [-0.4, -0.2) is 76.5 Å². The fourth-order valence-electron chi connectivity index (χ4n) is 3.44. The Bertz CT molecular complexity index is 986. The molecule has 12 heteroatoms. The van der Waals surface area contributed by atoms with E-state index in [1.165, 1.54) is 29.6 Å². The Kier molecular flexibility index (Phi) is 10.5. The summed E-state index contributed by atoms with van der Waals surface area (Å²) < 4.78 is 41.8. The van der Waals surface area contributed by atoms with Gasteiger partial charge in [0.2, 0.25) is 10.0 Å². The highest BCUT2D eigenvalue weighted by Gasteiger charge is 2.35. The van der Waals surface area contributed by atoms with E-state index >= 15 is 0 Å². The number of methoxy groups -OCH3 is 1. The van der Waals surface area contributed by atoms with Crippen LogP contribution in [0.2, 0.25) is 0 Å². The molecule has 0 spiro atoms. The van der Waals surface area contributed by atoms with Gasteiger partial charge < -0.3 is 19.5 Å². The third kappa shape index (κ3) is 7.52. The first kappa shape index (κ1) is 27.3. The van der Waals surface area contributed by atoms with Gasteiger partial charge in [-0.15, -0.1) is 0 Å². The number of ether oxygens (including phenoxy) is 3. The third-order valence-corrected chi connectivity index (χ3v) is 7.18. The number of sulfonamides is 1. The van der Waals surface area contributed by atoms with E-state index in [-0.39, 0.29) is 55.3 Å².